The third-order valence-electron chi connectivity index (χ3n) is 6.87. The Morgan fingerprint density at radius 3 is 2.82 bits per heavy atom. The average molecular weight is 549 g/mol. The Bertz CT molecular complexity index is 1670. The van der Waals surface area contributed by atoms with Crippen LogP contribution in [0.15, 0.2) is 53.8 Å². The lowest BCUT2D eigenvalue weighted by molar-refractivity contribution is 0.100. The van der Waals surface area contributed by atoms with E-state index in [1.54, 1.807) is 46.2 Å². The quantitative estimate of drug-likeness (QED) is 0.328. The number of hydrogen-bond donors (Lipinski definition) is 3. The normalized spacial score (nSPS) is 19.5. The van der Waals surface area contributed by atoms with E-state index >= 15 is 0 Å². The van der Waals surface area contributed by atoms with Crippen LogP contribution < -0.4 is 19.7 Å². The third-order valence-corrected chi connectivity index (χ3v) is 7.67. The number of rotatable bonds is 2. The number of ether oxygens (including phenoxy) is 1. The van der Waals surface area contributed by atoms with Gasteiger partial charge in [0.2, 0.25) is 11.8 Å². The molecule has 2 aliphatic heterocycles. The molecule has 4 aromatic rings. The van der Waals surface area contributed by atoms with Gasteiger partial charge in [-0.25, -0.2) is 9.20 Å². The van der Waals surface area contributed by atoms with E-state index in [-0.39, 0.29) is 11.8 Å². The molecule has 2 aliphatic rings. The Morgan fingerprint density at radius 2 is 2.00 bits per heavy atom. The molecule has 5 heterocycles. The number of amides is 1. The van der Waals surface area contributed by atoms with Crippen molar-refractivity contribution in [2.24, 2.45) is 18.0 Å². The maximum Gasteiger partial charge on any atom is 0.280 e. The molecular weight excluding hydrogens is 516 g/mol. The Labute approximate surface area is 227 Å². The van der Waals surface area contributed by atoms with Crippen molar-refractivity contribution in [3.8, 4) is 17.1 Å². The van der Waals surface area contributed by atoms with Crippen LogP contribution in [0.2, 0.25) is 0 Å². The molecule has 0 spiro atoms. The molecule has 0 saturated carbocycles. The van der Waals surface area contributed by atoms with E-state index in [1.807, 2.05) is 36.2 Å². The molecule has 11 nitrogen and oxygen atoms in total. The second kappa shape index (κ2) is 9.53. The number of pyridine rings is 1. The first-order valence-corrected chi connectivity index (χ1v) is 15.5. The van der Waals surface area contributed by atoms with Crippen LogP contribution in [0.25, 0.3) is 16.8 Å². The van der Waals surface area contributed by atoms with Crippen LogP contribution in [0.5, 0.6) is 5.88 Å². The second-order valence-electron chi connectivity index (χ2n) is 10.6. The highest BCUT2D eigenvalue weighted by molar-refractivity contribution is 8.02. The molecule has 39 heavy (non-hydrogen) atoms. The van der Waals surface area contributed by atoms with Crippen LogP contribution in [-0.2, 0) is 17.2 Å². The van der Waals surface area contributed by atoms with E-state index in [1.165, 1.54) is 0 Å². The van der Waals surface area contributed by atoms with Gasteiger partial charge in [-0.1, -0.05) is 6.92 Å². The third kappa shape index (κ3) is 4.87. The first-order chi connectivity index (χ1) is 18.7. The maximum absolute atomic E-state index is 13.6. The molecule has 0 radical (unpaired) electrons. The molecular formula is C27H32N8O3S. The summed E-state index contributed by atoms with van der Waals surface area (Å²) in [5.41, 5.74) is 5.15. The summed E-state index contributed by atoms with van der Waals surface area (Å²) in [5.74, 6) is 1.00. The van der Waals surface area contributed by atoms with E-state index in [0.29, 0.717) is 36.2 Å². The number of benzene rings is 1. The van der Waals surface area contributed by atoms with Gasteiger partial charge in [0.15, 0.2) is 0 Å². The predicted octanol–water partition coefficient (Wildman–Crippen LogP) is 3.58. The van der Waals surface area contributed by atoms with Crippen molar-refractivity contribution in [2.75, 3.05) is 40.6 Å². The number of nitrogens with one attached hydrogen (secondary N) is 2. The largest absolute Gasteiger partial charge is 0.477 e. The van der Waals surface area contributed by atoms with Crippen molar-refractivity contribution in [3.63, 3.8) is 0 Å². The fraction of sp³-hybridized carbons (Fsp3) is 0.333. The Kier molecular flexibility index (Phi) is 6.13. The van der Waals surface area contributed by atoms with Crippen LogP contribution in [0.4, 0.5) is 17.1 Å². The zero-order chi connectivity index (χ0) is 27.3. The topological polar surface area (TPSA) is 118 Å². The fourth-order valence-corrected chi connectivity index (χ4v) is 5.86. The van der Waals surface area contributed by atoms with Crippen molar-refractivity contribution in [1.29, 1.82) is 0 Å². The summed E-state index contributed by atoms with van der Waals surface area (Å²) in [7, 11) is -0.653. The molecule has 0 unspecified atom stereocenters. The Balaban J connectivity index is 1.46. The maximum atomic E-state index is 13.6. The molecule has 2 N–H and O–H groups in total. The van der Waals surface area contributed by atoms with Crippen LogP contribution in [0.3, 0.4) is 0 Å². The molecule has 204 valence electrons. The lowest BCUT2D eigenvalue weighted by Gasteiger charge is -2.24. The van der Waals surface area contributed by atoms with Crippen molar-refractivity contribution in [1.82, 2.24) is 19.4 Å². The number of guanidine groups is 1. The highest BCUT2D eigenvalue weighted by Gasteiger charge is 2.29. The highest BCUT2D eigenvalue weighted by Crippen LogP contribution is 2.37. The van der Waals surface area contributed by atoms with Gasteiger partial charge in [-0.15, -0.1) is 0 Å². The van der Waals surface area contributed by atoms with Gasteiger partial charge in [-0.05, 0) is 65.3 Å². The van der Waals surface area contributed by atoms with Crippen LogP contribution in [0.1, 0.15) is 30.1 Å². The molecule has 1 aromatic carbocycles. The molecule has 12 heteroatoms. The average Bonchev–Trinajstić information content (AvgIpc) is 3.58. The number of anilines is 3. The van der Waals surface area contributed by atoms with Gasteiger partial charge < -0.3 is 19.7 Å². The molecule has 0 saturated heterocycles. The SMILES string of the molecule is C[C@@H]1CCCOc2c(cnn2C)-c2cc(cc3ccnn23)C(=O)/N=C2\Nc3ccc(N[SH](C)(C)=O)cc3N2C1. The standard InChI is InChI=1S/C27H32N8O3S/c1-17-6-5-11-38-26-21(15-29-33(26)2)23-13-18(12-20-9-10-28-35(20)23)25(36)31-27-30-22-8-7-19(32-39(3,4)37)14-24(22)34(27)16-17/h7-10,12-15,17,39H,5-6,11,16H2,1-4H3,(H,32,37)(H,30,31,36)/t17-/m1/s1. The number of carbonyl (C=O) groups excluding carboxylic acids is 1. The first-order valence-electron chi connectivity index (χ1n) is 12.9. The summed E-state index contributed by atoms with van der Waals surface area (Å²) in [5, 5.41) is 12.2. The highest BCUT2D eigenvalue weighted by atomic mass is 32.3. The van der Waals surface area contributed by atoms with Gasteiger partial charge in [0.25, 0.3) is 5.91 Å². The summed E-state index contributed by atoms with van der Waals surface area (Å²) >= 11 is 0. The van der Waals surface area contributed by atoms with E-state index < -0.39 is 10.1 Å². The van der Waals surface area contributed by atoms with E-state index in [2.05, 4.69) is 32.2 Å². The minimum atomic E-state index is -2.49. The van der Waals surface area contributed by atoms with Crippen LogP contribution >= 0.6 is 0 Å². The summed E-state index contributed by atoms with van der Waals surface area (Å²) in [4.78, 5) is 20.2. The van der Waals surface area contributed by atoms with Crippen molar-refractivity contribution in [2.45, 2.75) is 19.8 Å². The molecule has 2 bridgehead atoms. The Morgan fingerprint density at radius 1 is 1.15 bits per heavy atom. The van der Waals surface area contributed by atoms with Crippen molar-refractivity contribution in [3.05, 3.63) is 54.4 Å². The lowest BCUT2D eigenvalue weighted by atomic mass is 10.1. The van der Waals surface area contributed by atoms with Crippen molar-refractivity contribution >= 4 is 44.6 Å². The van der Waals surface area contributed by atoms with Gasteiger partial charge in [0.1, 0.15) is 0 Å². The Hall–Kier alpha value is -4.19. The minimum Gasteiger partial charge on any atom is -0.477 e. The number of nitrogens with zero attached hydrogens (tertiary/aromatic N) is 6. The van der Waals surface area contributed by atoms with Crippen LogP contribution in [-0.4, -0.2) is 61.1 Å². The molecule has 6 rings (SSSR count). The zero-order valence-electron chi connectivity index (χ0n) is 22.4. The van der Waals surface area contributed by atoms with Gasteiger partial charge >= 0.3 is 0 Å². The smallest absolute Gasteiger partial charge is 0.280 e. The summed E-state index contributed by atoms with van der Waals surface area (Å²) in [6, 6.07) is 11.2. The molecule has 0 aliphatic carbocycles. The summed E-state index contributed by atoms with van der Waals surface area (Å²) in [6.07, 6.45) is 8.58. The summed E-state index contributed by atoms with van der Waals surface area (Å²) in [6.45, 7) is 3.36. The number of aromatic nitrogens is 4. The number of hydrogen-bond acceptors (Lipinski definition) is 7. The molecule has 1 atom stereocenters. The van der Waals surface area contributed by atoms with E-state index in [0.717, 1.165) is 41.0 Å². The number of thiol groups is 1. The minimum absolute atomic E-state index is 0.280. The molecule has 1 amide bonds. The lowest BCUT2D eigenvalue weighted by Crippen LogP contribution is -2.35. The zero-order valence-corrected chi connectivity index (χ0v) is 23.3. The predicted molar refractivity (Wildman–Crippen MR) is 155 cm³/mol. The van der Waals surface area contributed by atoms with Crippen LogP contribution in [0, 0.1) is 5.92 Å². The van der Waals surface area contributed by atoms with Gasteiger partial charge in [-0.3, -0.25) is 9.00 Å². The first kappa shape index (κ1) is 25.1. The van der Waals surface area contributed by atoms with Gasteiger partial charge in [0.05, 0.1) is 47.1 Å². The van der Waals surface area contributed by atoms with Gasteiger partial charge in [-0.2, -0.15) is 15.2 Å². The molecule has 3 aromatic heterocycles. The second-order valence-corrected chi connectivity index (χ2v) is 13.5. The number of fused-ring (bicyclic) bond motifs is 9. The van der Waals surface area contributed by atoms with E-state index in [4.69, 9.17) is 4.74 Å². The fourth-order valence-electron chi connectivity index (χ4n) is 5.10. The van der Waals surface area contributed by atoms with Crippen molar-refractivity contribution < 1.29 is 13.7 Å². The summed E-state index contributed by atoms with van der Waals surface area (Å²) < 4.78 is 25.2. The number of aryl methyl sites for hydroxylation is 1. The molecule has 0 fully saturated rings. The number of carbonyl (C=O) groups is 1. The van der Waals surface area contributed by atoms with Gasteiger partial charge in [0, 0.05) is 37.4 Å². The number of aliphatic imine (C=N–C) groups is 1. The van der Waals surface area contributed by atoms with E-state index in [9.17, 15) is 9.00 Å². The monoisotopic (exact) mass is 548 g/mol.